The van der Waals surface area contributed by atoms with Gasteiger partial charge in [0.1, 0.15) is 12.4 Å². The summed E-state index contributed by atoms with van der Waals surface area (Å²) in [6.07, 6.45) is 1.62. The maximum atomic E-state index is 13.9. The molecule has 0 N–H and O–H groups in total. The first-order chi connectivity index (χ1) is 17.6. The molecule has 178 valence electrons. The zero-order valence-electron chi connectivity index (χ0n) is 19.5. The van der Waals surface area contributed by atoms with E-state index in [4.69, 9.17) is 14.2 Å². The molecule has 0 unspecified atom stereocenters. The van der Waals surface area contributed by atoms with Crippen molar-refractivity contribution in [3.05, 3.63) is 125 Å². The predicted octanol–water partition coefficient (Wildman–Crippen LogP) is 6.42. The summed E-state index contributed by atoms with van der Waals surface area (Å²) in [6.45, 7) is 0.0620. The van der Waals surface area contributed by atoms with Gasteiger partial charge in [0, 0.05) is 11.1 Å². The van der Waals surface area contributed by atoms with E-state index in [1.54, 1.807) is 42.5 Å². The lowest BCUT2D eigenvalue weighted by molar-refractivity contribution is -0.129. The van der Waals surface area contributed by atoms with Crippen molar-refractivity contribution in [3.63, 3.8) is 0 Å². The van der Waals surface area contributed by atoms with Crippen LogP contribution in [-0.2, 0) is 16.1 Å². The number of methoxy groups -OCH3 is 1. The van der Waals surface area contributed by atoms with E-state index < -0.39 is 5.97 Å². The van der Waals surface area contributed by atoms with Crippen molar-refractivity contribution in [3.8, 4) is 22.6 Å². The van der Waals surface area contributed by atoms with Gasteiger partial charge in [-0.25, -0.2) is 14.2 Å². The van der Waals surface area contributed by atoms with Crippen molar-refractivity contribution in [2.24, 2.45) is 4.99 Å². The SMILES string of the molecule is COc1cc(/C=C2\N=C(c3ccc(-c4ccccc4)cc3)OC2=O)ccc1OCc1ccccc1F. The highest BCUT2D eigenvalue weighted by Gasteiger charge is 2.24. The third-order valence-corrected chi connectivity index (χ3v) is 5.69. The van der Waals surface area contributed by atoms with Crippen molar-refractivity contribution >= 4 is 17.9 Å². The number of hydrogen-bond donors (Lipinski definition) is 0. The number of aliphatic imine (C=N–C) groups is 1. The number of ether oxygens (including phenoxy) is 3. The lowest BCUT2D eigenvalue weighted by Gasteiger charge is -2.12. The molecule has 0 spiro atoms. The zero-order chi connectivity index (χ0) is 24.9. The largest absolute Gasteiger partial charge is 0.493 e. The lowest BCUT2D eigenvalue weighted by atomic mass is 10.0. The Morgan fingerprint density at radius 1 is 0.833 bits per heavy atom. The molecule has 0 fully saturated rings. The van der Waals surface area contributed by atoms with Crippen LogP contribution in [0.3, 0.4) is 0 Å². The standard InChI is InChI=1S/C30H22FNO4/c1-34-28-18-20(11-16-27(28)35-19-24-9-5-6-10-25(24)31)17-26-30(33)36-29(32-26)23-14-12-22(13-15-23)21-7-3-2-4-8-21/h2-18H,19H2,1H3/b26-17-. The Labute approximate surface area is 208 Å². The Hall–Kier alpha value is -4.71. The fraction of sp³-hybridized carbons (Fsp3) is 0.0667. The summed E-state index contributed by atoms with van der Waals surface area (Å²) in [6, 6.07) is 29.3. The molecule has 0 saturated carbocycles. The van der Waals surface area contributed by atoms with Crippen LogP contribution in [0.4, 0.5) is 4.39 Å². The number of esters is 1. The number of carbonyl (C=O) groups excluding carboxylic acids is 1. The van der Waals surface area contributed by atoms with Crippen LogP contribution < -0.4 is 9.47 Å². The van der Waals surface area contributed by atoms with Crippen LogP contribution in [0, 0.1) is 5.82 Å². The van der Waals surface area contributed by atoms with Crippen LogP contribution in [0.15, 0.2) is 108 Å². The highest BCUT2D eigenvalue weighted by Crippen LogP contribution is 2.31. The maximum absolute atomic E-state index is 13.9. The Bertz CT molecular complexity index is 1460. The van der Waals surface area contributed by atoms with Crippen LogP contribution in [0.2, 0.25) is 0 Å². The van der Waals surface area contributed by atoms with Gasteiger partial charge in [-0.1, -0.05) is 66.7 Å². The summed E-state index contributed by atoms with van der Waals surface area (Å²) >= 11 is 0. The molecule has 5 rings (SSSR count). The fourth-order valence-electron chi connectivity index (χ4n) is 3.79. The van der Waals surface area contributed by atoms with Crippen molar-refractivity contribution in [2.75, 3.05) is 7.11 Å². The third kappa shape index (κ3) is 5.03. The minimum Gasteiger partial charge on any atom is -0.493 e. The van der Waals surface area contributed by atoms with E-state index in [-0.39, 0.29) is 24.0 Å². The summed E-state index contributed by atoms with van der Waals surface area (Å²) in [5.41, 5.74) is 4.18. The summed E-state index contributed by atoms with van der Waals surface area (Å²) in [5, 5.41) is 0. The third-order valence-electron chi connectivity index (χ3n) is 5.69. The quantitative estimate of drug-likeness (QED) is 0.227. The van der Waals surface area contributed by atoms with Gasteiger partial charge in [-0.2, -0.15) is 0 Å². The Morgan fingerprint density at radius 3 is 2.28 bits per heavy atom. The van der Waals surface area contributed by atoms with Gasteiger partial charge < -0.3 is 14.2 Å². The normalized spacial score (nSPS) is 13.9. The van der Waals surface area contributed by atoms with E-state index in [9.17, 15) is 9.18 Å². The Balaban J connectivity index is 1.33. The Kier molecular flexibility index (Phi) is 6.58. The highest BCUT2D eigenvalue weighted by molar-refractivity contribution is 6.13. The molecule has 1 aliphatic rings. The minimum absolute atomic E-state index is 0.0620. The molecule has 1 aliphatic heterocycles. The molecule has 0 aliphatic carbocycles. The molecule has 36 heavy (non-hydrogen) atoms. The maximum Gasteiger partial charge on any atom is 0.363 e. The monoisotopic (exact) mass is 479 g/mol. The second kappa shape index (κ2) is 10.3. The molecule has 4 aromatic rings. The van der Waals surface area contributed by atoms with E-state index in [1.165, 1.54) is 13.2 Å². The van der Waals surface area contributed by atoms with Gasteiger partial charge in [0.05, 0.1) is 7.11 Å². The van der Waals surface area contributed by atoms with Crippen LogP contribution in [0.5, 0.6) is 11.5 Å². The van der Waals surface area contributed by atoms with Crippen molar-refractivity contribution < 1.29 is 23.4 Å². The predicted molar refractivity (Wildman–Crippen MR) is 136 cm³/mol. The molecule has 5 nitrogen and oxygen atoms in total. The van der Waals surface area contributed by atoms with Gasteiger partial charge in [0.15, 0.2) is 17.2 Å². The number of benzene rings is 4. The average molecular weight is 480 g/mol. The van der Waals surface area contributed by atoms with Crippen LogP contribution in [-0.4, -0.2) is 19.0 Å². The van der Waals surface area contributed by atoms with Crippen LogP contribution in [0.25, 0.3) is 17.2 Å². The summed E-state index contributed by atoms with van der Waals surface area (Å²) in [5.74, 6) is 0.298. The van der Waals surface area contributed by atoms with E-state index >= 15 is 0 Å². The molecule has 0 bridgehead atoms. The second-order valence-electron chi connectivity index (χ2n) is 8.07. The molecule has 0 aromatic heterocycles. The molecular weight excluding hydrogens is 457 g/mol. The first kappa shape index (κ1) is 23.1. The molecule has 4 aromatic carbocycles. The van der Waals surface area contributed by atoms with Gasteiger partial charge in [-0.05, 0) is 53.1 Å². The van der Waals surface area contributed by atoms with Crippen molar-refractivity contribution in [2.45, 2.75) is 6.61 Å². The molecule has 0 amide bonds. The van der Waals surface area contributed by atoms with Gasteiger partial charge in [0.25, 0.3) is 0 Å². The fourth-order valence-corrected chi connectivity index (χ4v) is 3.79. The van der Waals surface area contributed by atoms with Gasteiger partial charge in [-0.3, -0.25) is 0 Å². The summed E-state index contributed by atoms with van der Waals surface area (Å²) in [7, 11) is 1.52. The lowest BCUT2D eigenvalue weighted by Crippen LogP contribution is -2.05. The van der Waals surface area contributed by atoms with Crippen molar-refractivity contribution in [1.29, 1.82) is 0 Å². The second-order valence-corrected chi connectivity index (χ2v) is 8.07. The zero-order valence-corrected chi connectivity index (χ0v) is 19.5. The molecule has 6 heteroatoms. The number of nitrogens with zero attached hydrogens (tertiary/aromatic N) is 1. The first-order valence-electron chi connectivity index (χ1n) is 11.3. The van der Waals surface area contributed by atoms with E-state index in [0.29, 0.717) is 28.2 Å². The molecule has 0 atom stereocenters. The van der Waals surface area contributed by atoms with Crippen LogP contribution >= 0.6 is 0 Å². The molecular formula is C30H22FNO4. The first-order valence-corrected chi connectivity index (χ1v) is 11.3. The smallest absolute Gasteiger partial charge is 0.363 e. The summed E-state index contributed by atoms with van der Waals surface area (Å²) in [4.78, 5) is 16.9. The van der Waals surface area contributed by atoms with E-state index in [2.05, 4.69) is 4.99 Å². The van der Waals surface area contributed by atoms with Gasteiger partial charge in [0.2, 0.25) is 5.90 Å². The average Bonchev–Trinajstić information content (AvgIpc) is 3.29. The number of carbonyl (C=O) groups is 1. The van der Waals surface area contributed by atoms with E-state index in [1.807, 2.05) is 54.6 Å². The highest BCUT2D eigenvalue weighted by atomic mass is 19.1. The number of hydrogen-bond acceptors (Lipinski definition) is 5. The number of halogens is 1. The van der Waals surface area contributed by atoms with Crippen molar-refractivity contribution in [1.82, 2.24) is 0 Å². The van der Waals surface area contributed by atoms with Crippen LogP contribution in [0.1, 0.15) is 16.7 Å². The van der Waals surface area contributed by atoms with Gasteiger partial charge in [-0.15, -0.1) is 0 Å². The molecule has 1 heterocycles. The number of cyclic esters (lactones) is 1. The molecule has 0 radical (unpaired) electrons. The number of rotatable bonds is 7. The van der Waals surface area contributed by atoms with E-state index in [0.717, 1.165) is 11.1 Å². The van der Waals surface area contributed by atoms with Gasteiger partial charge >= 0.3 is 5.97 Å². The summed E-state index contributed by atoms with van der Waals surface area (Å²) < 4.78 is 30.5. The Morgan fingerprint density at radius 2 is 1.53 bits per heavy atom. The minimum atomic E-state index is -0.531. The topological polar surface area (TPSA) is 57.1 Å². The molecule has 0 saturated heterocycles.